The van der Waals surface area contributed by atoms with Gasteiger partial charge in [-0.3, -0.25) is 0 Å². The molecule has 0 radical (unpaired) electrons. The molecule has 0 aromatic rings. The van der Waals surface area contributed by atoms with E-state index >= 15 is 0 Å². The van der Waals surface area contributed by atoms with Crippen LogP contribution in [-0.4, -0.2) is 40.4 Å². The Bertz CT molecular complexity index is 151. The predicted octanol–water partition coefficient (Wildman–Crippen LogP) is -1.55. The van der Waals surface area contributed by atoms with Gasteiger partial charge in [-0.05, 0) is 0 Å². The number of hydrogen-bond donors (Lipinski definition) is 3. The lowest BCUT2D eigenvalue weighted by Gasteiger charge is -2.08. The smallest absolute Gasteiger partial charge is 0.157 e. The van der Waals surface area contributed by atoms with Gasteiger partial charge in [-0.25, -0.2) is 0 Å². The molecule has 1 rings (SSSR count). The van der Waals surface area contributed by atoms with Crippen LogP contribution in [0.1, 0.15) is 9.11 Å². The predicted molar refractivity (Wildman–Crippen MR) is 28.6 cm³/mol. The Hall–Kier alpha value is -0.160. The van der Waals surface area contributed by atoms with Crippen LogP contribution in [-0.2, 0) is 4.74 Å². The van der Waals surface area contributed by atoms with Crippen molar-refractivity contribution in [1.29, 1.82) is 0 Å². The highest BCUT2D eigenvalue weighted by atomic mass is 16.6. The standard InChI is InChI=1S/C5H10O4/c6-2-4-3(7)1-5(8)9-4/h3-8H,1-2H2/i1T2. The average molecular weight is 138 g/mol. The first-order valence-corrected chi connectivity index (χ1v) is 2.62. The Balaban J connectivity index is 2.71. The van der Waals surface area contributed by atoms with Gasteiger partial charge in [0, 0.05) is 9.11 Å². The molecule has 0 spiro atoms. The van der Waals surface area contributed by atoms with Crippen LogP contribution in [0.2, 0.25) is 0 Å². The summed E-state index contributed by atoms with van der Waals surface area (Å²) in [4.78, 5) is 0. The molecular weight excluding hydrogens is 124 g/mol. The molecule has 4 nitrogen and oxygen atoms in total. The molecule has 54 valence electrons. The minimum Gasteiger partial charge on any atom is -0.394 e. The van der Waals surface area contributed by atoms with Crippen LogP contribution in [0.3, 0.4) is 0 Å². The zero-order valence-corrected chi connectivity index (χ0v) is 4.69. The van der Waals surface area contributed by atoms with Crippen molar-refractivity contribution in [2.75, 3.05) is 6.61 Å². The third-order valence-corrected chi connectivity index (χ3v) is 1.15. The molecular formula is C5H10O4. The van der Waals surface area contributed by atoms with Crippen LogP contribution in [0.25, 0.3) is 0 Å². The molecule has 3 atom stereocenters. The van der Waals surface area contributed by atoms with E-state index in [9.17, 15) is 0 Å². The van der Waals surface area contributed by atoms with E-state index in [2.05, 4.69) is 4.74 Å². The highest BCUT2D eigenvalue weighted by Gasteiger charge is 2.31. The van der Waals surface area contributed by atoms with Crippen LogP contribution in [0, 0.1) is 0 Å². The molecule has 9 heavy (non-hydrogen) atoms. The van der Waals surface area contributed by atoms with Crippen LogP contribution in [0.5, 0.6) is 0 Å². The van der Waals surface area contributed by atoms with Gasteiger partial charge in [0.1, 0.15) is 6.10 Å². The molecule has 0 aromatic heterocycles. The van der Waals surface area contributed by atoms with E-state index in [0.29, 0.717) is 0 Å². The molecule has 1 aliphatic heterocycles. The Labute approximate surface area is 55.5 Å². The summed E-state index contributed by atoms with van der Waals surface area (Å²) in [5.41, 5.74) is 0. The van der Waals surface area contributed by atoms with Crippen LogP contribution in [0.4, 0.5) is 0 Å². The fraction of sp³-hybridized carbons (Fsp3) is 1.00. The molecule has 1 saturated heterocycles. The lowest BCUT2D eigenvalue weighted by molar-refractivity contribution is -0.107. The SMILES string of the molecule is [3H]C1([3H])C(O)OC(CO)C1O. The van der Waals surface area contributed by atoms with E-state index < -0.39 is 31.5 Å². The van der Waals surface area contributed by atoms with E-state index in [1.165, 1.54) is 0 Å². The van der Waals surface area contributed by atoms with Gasteiger partial charge < -0.3 is 20.1 Å². The van der Waals surface area contributed by atoms with Crippen LogP contribution >= 0.6 is 0 Å². The maximum Gasteiger partial charge on any atom is 0.157 e. The second-order valence-electron chi connectivity index (χ2n) is 1.82. The van der Waals surface area contributed by atoms with Gasteiger partial charge in [-0.15, -0.1) is 0 Å². The topological polar surface area (TPSA) is 69.9 Å². The maximum absolute atomic E-state index is 9.07. The molecule has 1 fully saturated rings. The largest absolute Gasteiger partial charge is 0.394 e. The summed E-state index contributed by atoms with van der Waals surface area (Å²) in [6.45, 7) is -0.502. The van der Waals surface area contributed by atoms with Crippen molar-refractivity contribution < 1.29 is 22.8 Å². The van der Waals surface area contributed by atoms with Crippen molar-refractivity contribution in [2.45, 2.75) is 24.9 Å². The monoisotopic (exact) mass is 138 g/mol. The summed E-state index contributed by atoms with van der Waals surface area (Å²) in [6, 6.07) is 0. The fourth-order valence-corrected chi connectivity index (χ4v) is 0.676. The number of ether oxygens (including phenoxy) is 1. The quantitative estimate of drug-likeness (QED) is 0.410. The molecule has 0 aromatic carbocycles. The van der Waals surface area contributed by atoms with E-state index in [-0.39, 0.29) is 0 Å². The fourth-order valence-electron chi connectivity index (χ4n) is 0.676. The highest BCUT2D eigenvalue weighted by Crippen LogP contribution is 2.17. The Morgan fingerprint density at radius 3 is 2.56 bits per heavy atom. The summed E-state index contributed by atoms with van der Waals surface area (Å²) in [7, 11) is 0. The van der Waals surface area contributed by atoms with E-state index in [1.54, 1.807) is 0 Å². The molecule has 0 bridgehead atoms. The summed E-state index contributed by atoms with van der Waals surface area (Å²) in [5.74, 6) is 0. The zero-order valence-electron chi connectivity index (χ0n) is 6.69. The van der Waals surface area contributed by atoms with Crippen molar-refractivity contribution >= 4 is 0 Å². The van der Waals surface area contributed by atoms with Crippen molar-refractivity contribution in [3.8, 4) is 0 Å². The second kappa shape index (κ2) is 2.62. The number of aliphatic hydroxyl groups excluding tert-OH is 3. The van der Waals surface area contributed by atoms with Crippen LogP contribution < -0.4 is 0 Å². The molecule has 0 amide bonds. The average Bonchev–Trinajstić information content (AvgIpc) is 2.14. The molecule has 1 heterocycles. The van der Waals surface area contributed by atoms with Gasteiger partial charge in [0.05, 0.1) is 12.7 Å². The first kappa shape index (κ1) is 4.62. The lowest BCUT2D eigenvalue weighted by atomic mass is 10.2. The molecule has 3 N–H and O–H groups in total. The van der Waals surface area contributed by atoms with E-state index in [4.69, 9.17) is 18.1 Å². The maximum atomic E-state index is 9.07. The van der Waals surface area contributed by atoms with Gasteiger partial charge in [-0.1, -0.05) is 0 Å². The van der Waals surface area contributed by atoms with Gasteiger partial charge in [0.2, 0.25) is 0 Å². The first-order chi connectivity index (χ1) is 5.00. The van der Waals surface area contributed by atoms with Crippen LogP contribution in [0.15, 0.2) is 0 Å². The third-order valence-electron chi connectivity index (χ3n) is 1.15. The Morgan fingerprint density at radius 2 is 2.33 bits per heavy atom. The second-order valence-corrected chi connectivity index (χ2v) is 1.82. The molecule has 1 aliphatic rings. The van der Waals surface area contributed by atoms with Gasteiger partial charge in [0.25, 0.3) is 0 Å². The lowest BCUT2D eigenvalue weighted by Crippen LogP contribution is -2.24. The summed E-state index contributed by atoms with van der Waals surface area (Å²) >= 11 is 0. The minimum atomic E-state index is -2.19. The van der Waals surface area contributed by atoms with E-state index in [1.807, 2.05) is 0 Å². The van der Waals surface area contributed by atoms with Crippen molar-refractivity contribution in [2.24, 2.45) is 0 Å². The molecule has 4 heteroatoms. The Kier molecular flexibility index (Phi) is 1.34. The molecule has 0 saturated carbocycles. The number of hydrogen-bond acceptors (Lipinski definition) is 4. The Morgan fingerprint density at radius 1 is 1.67 bits per heavy atom. The van der Waals surface area contributed by atoms with E-state index in [0.717, 1.165) is 0 Å². The summed E-state index contributed by atoms with van der Waals surface area (Å²) in [6.07, 6.45) is -6.34. The van der Waals surface area contributed by atoms with Gasteiger partial charge in [-0.2, -0.15) is 0 Å². The third kappa shape index (κ3) is 1.40. The van der Waals surface area contributed by atoms with Gasteiger partial charge >= 0.3 is 0 Å². The van der Waals surface area contributed by atoms with Crippen molar-refractivity contribution in [3.63, 3.8) is 0 Å². The van der Waals surface area contributed by atoms with Gasteiger partial charge in [0.15, 0.2) is 6.29 Å². The van der Waals surface area contributed by atoms with Crippen molar-refractivity contribution in [3.05, 3.63) is 0 Å². The summed E-state index contributed by atoms with van der Waals surface area (Å²) in [5, 5.41) is 26.5. The molecule has 3 unspecified atom stereocenters. The van der Waals surface area contributed by atoms with Crippen molar-refractivity contribution in [1.82, 2.24) is 0 Å². The number of aliphatic hydroxyl groups is 3. The normalized spacial score (nSPS) is 52.6. The first-order valence-electron chi connectivity index (χ1n) is 3.62. The zero-order chi connectivity index (χ0) is 8.65. The highest BCUT2D eigenvalue weighted by molar-refractivity contribution is 4.75. The number of rotatable bonds is 1. The molecule has 0 aliphatic carbocycles. The summed E-state index contributed by atoms with van der Waals surface area (Å²) < 4.78 is 18.6. The minimum absolute atomic E-state index is 0.502.